The molecule has 3 aromatic rings. The van der Waals surface area contributed by atoms with Crippen LogP contribution in [0.15, 0.2) is 47.3 Å². The fraction of sp³-hybridized carbons (Fsp3) is 0.143. The number of carbonyl (C=O) groups excluding carboxylic acids is 1. The number of imidazole rings is 1. The molecule has 0 aliphatic carbocycles. The van der Waals surface area contributed by atoms with Crippen LogP contribution in [0.1, 0.15) is 16.2 Å². The third-order valence-corrected chi connectivity index (χ3v) is 3.04. The van der Waals surface area contributed by atoms with E-state index in [1.807, 2.05) is 35.9 Å². The smallest absolute Gasteiger partial charge is 0.173 e. The number of rotatable bonds is 3. The minimum atomic E-state index is 0.0159. The van der Waals surface area contributed by atoms with E-state index in [1.54, 1.807) is 6.07 Å². The maximum atomic E-state index is 12.0. The van der Waals surface area contributed by atoms with Crippen LogP contribution in [0.4, 0.5) is 0 Å². The van der Waals surface area contributed by atoms with E-state index >= 15 is 0 Å². The minimum absolute atomic E-state index is 0.0159. The number of nitrogens with zero attached hydrogens (tertiary/aromatic N) is 2. The molecular weight excluding hydrogens is 228 g/mol. The topological polar surface area (TPSA) is 48.0 Å². The SMILES string of the molecule is Cn1c(CC(=O)c2ccoc2)nc2ccccc21. The van der Waals surface area contributed by atoms with Crippen LogP contribution < -0.4 is 0 Å². The Hall–Kier alpha value is -2.36. The van der Waals surface area contributed by atoms with Crippen LogP contribution in [0.25, 0.3) is 11.0 Å². The Balaban J connectivity index is 1.96. The highest BCUT2D eigenvalue weighted by molar-refractivity contribution is 5.97. The Morgan fingerprint density at radius 3 is 2.89 bits per heavy atom. The summed E-state index contributed by atoms with van der Waals surface area (Å²) in [6.07, 6.45) is 3.25. The normalized spacial score (nSPS) is 10.9. The molecule has 2 aromatic heterocycles. The van der Waals surface area contributed by atoms with E-state index in [-0.39, 0.29) is 12.2 Å². The van der Waals surface area contributed by atoms with Crippen LogP contribution in [0, 0.1) is 0 Å². The number of hydrogen-bond acceptors (Lipinski definition) is 3. The van der Waals surface area contributed by atoms with Gasteiger partial charge in [0.2, 0.25) is 0 Å². The van der Waals surface area contributed by atoms with Crippen molar-refractivity contribution in [2.24, 2.45) is 7.05 Å². The molecule has 18 heavy (non-hydrogen) atoms. The molecule has 0 saturated heterocycles. The second-order valence-electron chi connectivity index (χ2n) is 4.19. The van der Waals surface area contributed by atoms with Crippen LogP contribution in [-0.4, -0.2) is 15.3 Å². The molecule has 3 rings (SSSR count). The number of furan rings is 1. The van der Waals surface area contributed by atoms with Gasteiger partial charge in [-0.2, -0.15) is 0 Å². The first-order chi connectivity index (χ1) is 8.75. The molecule has 4 nitrogen and oxygen atoms in total. The van der Waals surface area contributed by atoms with Gasteiger partial charge in [-0.3, -0.25) is 4.79 Å². The molecule has 0 radical (unpaired) electrons. The van der Waals surface area contributed by atoms with Gasteiger partial charge < -0.3 is 8.98 Å². The van der Waals surface area contributed by atoms with Crippen LogP contribution in [0.3, 0.4) is 0 Å². The van der Waals surface area contributed by atoms with Gasteiger partial charge in [0.25, 0.3) is 0 Å². The van der Waals surface area contributed by atoms with Crippen LogP contribution in [0.2, 0.25) is 0 Å². The Morgan fingerprint density at radius 2 is 2.17 bits per heavy atom. The molecule has 90 valence electrons. The van der Waals surface area contributed by atoms with E-state index in [1.165, 1.54) is 12.5 Å². The van der Waals surface area contributed by atoms with E-state index in [0.717, 1.165) is 16.9 Å². The molecule has 0 aliphatic rings. The van der Waals surface area contributed by atoms with Crippen molar-refractivity contribution < 1.29 is 9.21 Å². The van der Waals surface area contributed by atoms with Gasteiger partial charge in [0.05, 0.1) is 29.3 Å². The Labute approximate surface area is 104 Å². The largest absolute Gasteiger partial charge is 0.472 e. The average molecular weight is 240 g/mol. The molecule has 0 bridgehead atoms. The van der Waals surface area contributed by atoms with Crippen LogP contribution in [-0.2, 0) is 13.5 Å². The van der Waals surface area contributed by atoms with Crippen molar-refractivity contribution in [1.29, 1.82) is 0 Å². The van der Waals surface area contributed by atoms with Gasteiger partial charge in [0.15, 0.2) is 5.78 Å². The average Bonchev–Trinajstić information content (AvgIpc) is 3.00. The highest BCUT2D eigenvalue weighted by Crippen LogP contribution is 2.15. The Morgan fingerprint density at radius 1 is 1.33 bits per heavy atom. The zero-order valence-corrected chi connectivity index (χ0v) is 9.96. The fourth-order valence-electron chi connectivity index (χ4n) is 2.02. The molecule has 0 amide bonds. The molecule has 0 saturated carbocycles. The molecule has 4 heteroatoms. The van der Waals surface area contributed by atoms with Crippen molar-refractivity contribution in [2.45, 2.75) is 6.42 Å². The molecule has 0 N–H and O–H groups in total. The summed E-state index contributed by atoms with van der Waals surface area (Å²) < 4.78 is 6.87. The maximum Gasteiger partial charge on any atom is 0.173 e. The molecule has 0 fully saturated rings. The van der Waals surface area contributed by atoms with Crippen LogP contribution >= 0.6 is 0 Å². The van der Waals surface area contributed by atoms with Gasteiger partial charge in [0, 0.05) is 7.05 Å². The number of benzene rings is 1. The van der Waals surface area contributed by atoms with Gasteiger partial charge in [-0.1, -0.05) is 12.1 Å². The van der Waals surface area contributed by atoms with Gasteiger partial charge >= 0.3 is 0 Å². The van der Waals surface area contributed by atoms with E-state index in [4.69, 9.17) is 4.42 Å². The molecule has 2 heterocycles. The monoisotopic (exact) mass is 240 g/mol. The summed E-state index contributed by atoms with van der Waals surface area (Å²) in [5.74, 6) is 0.782. The van der Waals surface area contributed by atoms with Crippen molar-refractivity contribution in [1.82, 2.24) is 9.55 Å². The molecule has 0 atom stereocenters. The first kappa shape index (κ1) is 10.8. The van der Waals surface area contributed by atoms with Crippen molar-refractivity contribution >= 4 is 16.8 Å². The lowest BCUT2D eigenvalue weighted by molar-refractivity contribution is 0.0989. The summed E-state index contributed by atoms with van der Waals surface area (Å²) in [4.78, 5) is 16.5. The Kier molecular flexibility index (Phi) is 2.48. The lowest BCUT2D eigenvalue weighted by atomic mass is 10.1. The van der Waals surface area contributed by atoms with E-state index in [9.17, 15) is 4.79 Å². The number of hydrogen-bond donors (Lipinski definition) is 0. The molecule has 1 aromatic carbocycles. The number of Topliss-reactive ketones (excluding diaryl/α,β-unsaturated/α-hetero) is 1. The van der Waals surface area contributed by atoms with Gasteiger partial charge in [0.1, 0.15) is 12.1 Å². The number of aromatic nitrogens is 2. The molecule has 0 aliphatic heterocycles. The summed E-state index contributed by atoms with van der Waals surface area (Å²) in [6, 6.07) is 9.52. The van der Waals surface area contributed by atoms with Gasteiger partial charge in [-0.15, -0.1) is 0 Å². The van der Waals surface area contributed by atoms with Gasteiger partial charge in [-0.05, 0) is 18.2 Å². The highest BCUT2D eigenvalue weighted by Gasteiger charge is 2.13. The second kappa shape index (κ2) is 4.14. The third kappa shape index (κ3) is 1.72. The number of ketones is 1. The quantitative estimate of drug-likeness (QED) is 0.661. The van der Waals surface area contributed by atoms with E-state index in [0.29, 0.717) is 5.56 Å². The predicted octanol–water partition coefficient (Wildman–Crippen LogP) is 2.59. The summed E-state index contributed by atoms with van der Waals surface area (Å²) >= 11 is 0. The summed E-state index contributed by atoms with van der Waals surface area (Å²) in [5.41, 5.74) is 2.53. The van der Waals surface area contributed by atoms with Crippen molar-refractivity contribution in [3.8, 4) is 0 Å². The number of fused-ring (bicyclic) bond motifs is 1. The first-order valence-electron chi connectivity index (χ1n) is 5.71. The lowest BCUT2D eigenvalue weighted by Crippen LogP contribution is -2.07. The predicted molar refractivity (Wildman–Crippen MR) is 67.5 cm³/mol. The first-order valence-corrected chi connectivity index (χ1v) is 5.71. The zero-order valence-electron chi connectivity index (χ0n) is 9.96. The molecule has 0 unspecified atom stereocenters. The van der Waals surface area contributed by atoms with Gasteiger partial charge in [-0.25, -0.2) is 4.98 Å². The second-order valence-corrected chi connectivity index (χ2v) is 4.19. The number of aryl methyl sites for hydroxylation is 1. The summed E-state index contributed by atoms with van der Waals surface area (Å²) in [6.45, 7) is 0. The number of para-hydroxylation sites is 2. The molecule has 0 spiro atoms. The summed E-state index contributed by atoms with van der Waals surface area (Å²) in [7, 11) is 1.92. The van der Waals surface area contributed by atoms with E-state index < -0.39 is 0 Å². The maximum absolute atomic E-state index is 12.0. The van der Waals surface area contributed by atoms with Crippen molar-refractivity contribution in [2.75, 3.05) is 0 Å². The summed E-state index contributed by atoms with van der Waals surface area (Å²) in [5, 5.41) is 0. The third-order valence-electron chi connectivity index (χ3n) is 3.04. The lowest BCUT2D eigenvalue weighted by Gasteiger charge is -2.00. The minimum Gasteiger partial charge on any atom is -0.472 e. The zero-order chi connectivity index (χ0) is 12.5. The van der Waals surface area contributed by atoms with Crippen molar-refractivity contribution in [3.05, 3.63) is 54.2 Å². The highest BCUT2D eigenvalue weighted by atomic mass is 16.3. The molecular formula is C14H12N2O2. The standard InChI is InChI=1S/C14H12N2O2/c1-16-12-5-3-2-4-11(12)15-14(16)8-13(17)10-6-7-18-9-10/h2-7,9H,8H2,1H3. The fourth-order valence-corrected chi connectivity index (χ4v) is 2.02. The Bertz CT molecular complexity index is 696. The van der Waals surface area contributed by atoms with E-state index in [2.05, 4.69) is 4.98 Å². The van der Waals surface area contributed by atoms with Crippen LogP contribution in [0.5, 0.6) is 0 Å². The van der Waals surface area contributed by atoms with Crippen molar-refractivity contribution in [3.63, 3.8) is 0 Å². The number of carbonyl (C=O) groups is 1.